The Morgan fingerprint density at radius 2 is 1.71 bits per heavy atom. The topological polar surface area (TPSA) is 20.2 Å². The molecule has 0 heterocycles. The second-order valence-corrected chi connectivity index (χ2v) is 4.23. The van der Waals surface area contributed by atoms with Gasteiger partial charge in [0.1, 0.15) is 5.75 Å². The van der Waals surface area contributed by atoms with E-state index in [1.807, 2.05) is 55.5 Å². The summed E-state index contributed by atoms with van der Waals surface area (Å²) in [6, 6.07) is 13.5. The van der Waals surface area contributed by atoms with E-state index in [-0.39, 0.29) is 5.75 Å². The summed E-state index contributed by atoms with van der Waals surface area (Å²) < 4.78 is 0. The van der Waals surface area contributed by atoms with Crippen LogP contribution >= 0.6 is 11.6 Å². The summed E-state index contributed by atoms with van der Waals surface area (Å²) in [4.78, 5) is 0. The van der Waals surface area contributed by atoms with Gasteiger partial charge in [-0.15, -0.1) is 0 Å². The lowest BCUT2D eigenvalue weighted by molar-refractivity contribution is 0.475. The van der Waals surface area contributed by atoms with Crippen LogP contribution in [0.15, 0.2) is 42.5 Å². The van der Waals surface area contributed by atoms with Crippen molar-refractivity contribution in [3.8, 4) is 5.75 Å². The second kappa shape index (κ2) is 5.07. The van der Waals surface area contributed by atoms with Crippen molar-refractivity contribution in [3.05, 3.63) is 64.2 Å². The van der Waals surface area contributed by atoms with Crippen LogP contribution in [0.25, 0.3) is 12.2 Å². The molecule has 2 rings (SSSR count). The van der Waals surface area contributed by atoms with Crippen LogP contribution in [-0.4, -0.2) is 5.11 Å². The molecular weight excluding hydrogens is 232 g/mol. The summed E-state index contributed by atoms with van der Waals surface area (Å²) in [6.07, 6.45) is 4.02. The van der Waals surface area contributed by atoms with Crippen molar-refractivity contribution in [1.82, 2.24) is 0 Å². The SMILES string of the molecule is Cc1c(C=Cc2ccccc2)ccc(O)c1Cl. The van der Waals surface area contributed by atoms with E-state index in [0.717, 1.165) is 16.7 Å². The first-order chi connectivity index (χ1) is 8.18. The molecule has 0 saturated heterocycles. The first-order valence-corrected chi connectivity index (χ1v) is 5.77. The first kappa shape index (κ1) is 11.7. The van der Waals surface area contributed by atoms with Gasteiger partial charge in [0.2, 0.25) is 0 Å². The molecule has 0 atom stereocenters. The van der Waals surface area contributed by atoms with Crippen molar-refractivity contribution >= 4 is 23.8 Å². The van der Waals surface area contributed by atoms with E-state index >= 15 is 0 Å². The molecule has 2 heteroatoms. The molecule has 0 amide bonds. The van der Waals surface area contributed by atoms with Gasteiger partial charge in [-0.3, -0.25) is 0 Å². The van der Waals surface area contributed by atoms with Gasteiger partial charge in [0.25, 0.3) is 0 Å². The largest absolute Gasteiger partial charge is 0.506 e. The Balaban J connectivity index is 2.31. The number of hydrogen-bond acceptors (Lipinski definition) is 1. The number of hydrogen-bond donors (Lipinski definition) is 1. The van der Waals surface area contributed by atoms with Gasteiger partial charge in [-0.25, -0.2) is 0 Å². The Hall–Kier alpha value is -1.73. The molecule has 0 aliphatic carbocycles. The summed E-state index contributed by atoms with van der Waals surface area (Å²) in [6.45, 7) is 1.90. The van der Waals surface area contributed by atoms with Gasteiger partial charge < -0.3 is 5.11 Å². The van der Waals surface area contributed by atoms with Gasteiger partial charge in [-0.2, -0.15) is 0 Å². The summed E-state index contributed by atoms with van der Waals surface area (Å²) >= 11 is 5.98. The van der Waals surface area contributed by atoms with E-state index < -0.39 is 0 Å². The highest BCUT2D eigenvalue weighted by Crippen LogP contribution is 2.29. The molecule has 1 N–H and O–H groups in total. The van der Waals surface area contributed by atoms with Crippen LogP contribution in [0.4, 0.5) is 0 Å². The minimum absolute atomic E-state index is 0.126. The molecular formula is C15H13ClO. The van der Waals surface area contributed by atoms with Crippen LogP contribution in [-0.2, 0) is 0 Å². The molecule has 0 bridgehead atoms. The van der Waals surface area contributed by atoms with E-state index in [9.17, 15) is 5.11 Å². The van der Waals surface area contributed by atoms with Crippen LogP contribution in [0.3, 0.4) is 0 Å². The van der Waals surface area contributed by atoms with Crippen molar-refractivity contribution < 1.29 is 5.11 Å². The minimum Gasteiger partial charge on any atom is -0.506 e. The number of aromatic hydroxyl groups is 1. The minimum atomic E-state index is 0.126. The maximum atomic E-state index is 9.45. The number of benzene rings is 2. The molecule has 17 heavy (non-hydrogen) atoms. The average Bonchev–Trinajstić information content (AvgIpc) is 2.36. The van der Waals surface area contributed by atoms with Crippen LogP contribution in [0.5, 0.6) is 5.75 Å². The molecule has 1 nitrogen and oxygen atoms in total. The van der Waals surface area contributed by atoms with Crippen molar-refractivity contribution in [2.75, 3.05) is 0 Å². The quantitative estimate of drug-likeness (QED) is 0.770. The molecule has 2 aromatic carbocycles. The third kappa shape index (κ3) is 2.69. The Labute approximate surface area is 106 Å². The third-order valence-electron chi connectivity index (χ3n) is 2.66. The molecule has 86 valence electrons. The fourth-order valence-electron chi connectivity index (χ4n) is 1.62. The third-order valence-corrected chi connectivity index (χ3v) is 3.14. The van der Waals surface area contributed by atoms with Gasteiger partial charge in [0.15, 0.2) is 0 Å². The Morgan fingerprint density at radius 3 is 2.41 bits per heavy atom. The van der Waals surface area contributed by atoms with Crippen LogP contribution in [0.2, 0.25) is 5.02 Å². The van der Waals surface area contributed by atoms with E-state index in [2.05, 4.69) is 0 Å². The Morgan fingerprint density at radius 1 is 1.00 bits per heavy atom. The molecule has 0 fully saturated rings. The molecule has 0 aliphatic rings. The predicted molar refractivity (Wildman–Crippen MR) is 73.2 cm³/mol. The zero-order chi connectivity index (χ0) is 12.3. The molecule has 0 unspecified atom stereocenters. The predicted octanol–water partition coefficient (Wildman–Crippen LogP) is 4.52. The average molecular weight is 245 g/mol. The van der Waals surface area contributed by atoms with Gasteiger partial charge in [0.05, 0.1) is 5.02 Å². The number of rotatable bonds is 2. The van der Waals surface area contributed by atoms with Gasteiger partial charge >= 0.3 is 0 Å². The fraction of sp³-hybridized carbons (Fsp3) is 0.0667. The number of phenolic OH excluding ortho intramolecular Hbond substituents is 1. The zero-order valence-corrected chi connectivity index (χ0v) is 10.3. The smallest absolute Gasteiger partial charge is 0.134 e. The van der Waals surface area contributed by atoms with Crippen LogP contribution < -0.4 is 0 Å². The van der Waals surface area contributed by atoms with Crippen molar-refractivity contribution in [2.24, 2.45) is 0 Å². The Kier molecular flexibility index (Phi) is 3.50. The van der Waals surface area contributed by atoms with E-state index in [1.54, 1.807) is 6.07 Å². The van der Waals surface area contributed by atoms with Crippen molar-refractivity contribution in [3.63, 3.8) is 0 Å². The van der Waals surface area contributed by atoms with Crippen molar-refractivity contribution in [2.45, 2.75) is 6.92 Å². The highest BCUT2D eigenvalue weighted by Gasteiger charge is 2.04. The molecule has 0 radical (unpaired) electrons. The maximum absolute atomic E-state index is 9.45. The molecule has 0 saturated carbocycles. The van der Waals surface area contributed by atoms with Gasteiger partial charge in [-0.1, -0.05) is 60.2 Å². The van der Waals surface area contributed by atoms with Crippen molar-refractivity contribution in [1.29, 1.82) is 0 Å². The van der Waals surface area contributed by atoms with Crippen LogP contribution in [0.1, 0.15) is 16.7 Å². The molecule has 0 spiro atoms. The fourth-order valence-corrected chi connectivity index (χ4v) is 1.79. The highest BCUT2D eigenvalue weighted by atomic mass is 35.5. The zero-order valence-electron chi connectivity index (χ0n) is 9.52. The monoisotopic (exact) mass is 244 g/mol. The first-order valence-electron chi connectivity index (χ1n) is 5.39. The molecule has 2 aromatic rings. The number of phenols is 1. The Bertz CT molecular complexity index is 544. The van der Waals surface area contributed by atoms with Crippen LogP contribution in [0, 0.1) is 6.92 Å². The summed E-state index contributed by atoms with van der Waals surface area (Å²) in [5.74, 6) is 0.126. The lowest BCUT2D eigenvalue weighted by Gasteiger charge is -2.04. The summed E-state index contributed by atoms with van der Waals surface area (Å²) in [7, 11) is 0. The standard InChI is InChI=1S/C15H13ClO/c1-11-13(9-10-14(17)15(11)16)8-7-12-5-3-2-4-6-12/h2-10,17H,1H3. The van der Waals surface area contributed by atoms with E-state index in [0.29, 0.717) is 5.02 Å². The summed E-state index contributed by atoms with van der Waals surface area (Å²) in [5.41, 5.74) is 3.03. The van der Waals surface area contributed by atoms with Gasteiger partial charge in [-0.05, 0) is 29.7 Å². The summed E-state index contributed by atoms with van der Waals surface area (Å²) in [5, 5.41) is 9.87. The maximum Gasteiger partial charge on any atom is 0.134 e. The second-order valence-electron chi connectivity index (χ2n) is 3.86. The highest BCUT2D eigenvalue weighted by molar-refractivity contribution is 6.33. The van der Waals surface area contributed by atoms with E-state index in [1.165, 1.54) is 0 Å². The van der Waals surface area contributed by atoms with Gasteiger partial charge in [0, 0.05) is 0 Å². The molecule has 0 aliphatic heterocycles. The lowest BCUT2D eigenvalue weighted by atomic mass is 10.1. The number of halogens is 1. The lowest BCUT2D eigenvalue weighted by Crippen LogP contribution is -1.82. The van der Waals surface area contributed by atoms with E-state index in [4.69, 9.17) is 11.6 Å². The normalized spacial score (nSPS) is 10.9. The molecule has 0 aromatic heterocycles.